The zero-order chi connectivity index (χ0) is 16.6. The predicted octanol–water partition coefficient (Wildman–Crippen LogP) is 1.71. The van der Waals surface area contributed by atoms with E-state index in [-0.39, 0.29) is 29.9 Å². The maximum atomic E-state index is 12.1. The lowest BCUT2D eigenvalue weighted by atomic mass is 10.1. The number of fused-ring (bicyclic) bond motifs is 1. The minimum absolute atomic E-state index is 0.0144. The Balaban J connectivity index is 1.89. The highest BCUT2D eigenvalue weighted by atomic mass is 16.2. The van der Waals surface area contributed by atoms with Crippen molar-refractivity contribution < 1.29 is 9.59 Å². The average molecular weight is 316 g/mol. The van der Waals surface area contributed by atoms with Gasteiger partial charge in [0.15, 0.2) is 0 Å². The summed E-state index contributed by atoms with van der Waals surface area (Å²) >= 11 is 0. The Kier molecular flexibility index (Phi) is 3.97. The van der Waals surface area contributed by atoms with E-state index in [0.717, 1.165) is 25.0 Å². The number of aliphatic imine (C=N–C) groups is 2. The molecule has 2 heterocycles. The van der Waals surface area contributed by atoms with E-state index in [4.69, 9.17) is 0 Å². The molecule has 23 heavy (non-hydrogen) atoms. The van der Waals surface area contributed by atoms with Crippen molar-refractivity contribution in [2.24, 2.45) is 15.9 Å². The lowest BCUT2D eigenvalue weighted by Gasteiger charge is -2.15. The molecule has 1 atom stereocenters. The van der Waals surface area contributed by atoms with Gasteiger partial charge >= 0.3 is 6.03 Å². The van der Waals surface area contributed by atoms with Crippen LogP contribution in [0.4, 0.5) is 10.6 Å². The molecule has 0 aromatic carbocycles. The monoisotopic (exact) mass is 316 g/mol. The molecule has 8 heteroatoms. The van der Waals surface area contributed by atoms with Crippen molar-refractivity contribution in [2.45, 2.75) is 46.1 Å². The molecule has 1 aromatic heterocycles. The normalized spacial score (nSPS) is 20.2. The number of hydrogen-bond donors (Lipinski definition) is 2. The maximum absolute atomic E-state index is 12.1. The molecule has 122 valence electrons. The van der Waals surface area contributed by atoms with Crippen LogP contribution < -0.4 is 10.6 Å². The predicted molar refractivity (Wildman–Crippen MR) is 86.9 cm³/mol. The van der Waals surface area contributed by atoms with Gasteiger partial charge in [0, 0.05) is 17.8 Å². The van der Waals surface area contributed by atoms with Gasteiger partial charge in [-0.2, -0.15) is 14.8 Å². The molecule has 0 saturated heterocycles. The molecule has 1 aliphatic carbocycles. The minimum atomic E-state index is -0.338. The van der Waals surface area contributed by atoms with Crippen LogP contribution in [-0.2, 0) is 4.79 Å². The van der Waals surface area contributed by atoms with Crippen molar-refractivity contribution in [3.05, 3.63) is 11.8 Å². The highest BCUT2D eigenvalue weighted by Crippen LogP contribution is 2.27. The molecule has 1 unspecified atom stereocenters. The molecule has 8 nitrogen and oxygen atoms in total. The maximum Gasteiger partial charge on any atom is 0.320 e. The van der Waals surface area contributed by atoms with Gasteiger partial charge in [0.2, 0.25) is 0 Å². The smallest absolute Gasteiger partial charge is 0.320 e. The van der Waals surface area contributed by atoms with Crippen LogP contribution in [0.1, 0.15) is 38.8 Å². The fourth-order valence-electron chi connectivity index (χ4n) is 2.81. The Hall–Kier alpha value is -2.51. The summed E-state index contributed by atoms with van der Waals surface area (Å²) in [6.45, 7) is 5.55. The summed E-state index contributed by atoms with van der Waals surface area (Å²) in [6, 6.07) is 1.39. The number of urea groups is 1. The van der Waals surface area contributed by atoms with Crippen molar-refractivity contribution in [3.8, 4) is 0 Å². The van der Waals surface area contributed by atoms with Crippen LogP contribution in [0.5, 0.6) is 0 Å². The van der Waals surface area contributed by atoms with Crippen molar-refractivity contribution in [1.29, 1.82) is 0 Å². The molecule has 2 aliphatic rings. The van der Waals surface area contributed by atoms with Gasteiger partial charge in [0.05, 0.1) is 11.6 Å². The summed E-state index contributed by atoms with van der Waals surface area (Å²) < 4.78 is 1.41. The number of anilines is 1. The summed E-state index contributed by atoms with van der Waals surface area (Å²) in [5.74, 6) is 0.313. The first kappa shape index (κ1) is 15.4. The number of aromatic nitrogens is 2. The number of carbonyl (C=O) groups is 2. The van der Waals surface area contributed by atoms with Gasteiger partial charge in [0.25, 0.3) is 11.9 Å². The van der Waals surface area contributed by atoms with Crippen molar-refractivity contribution in [2.75, 3.05) is 5.32 Å². The van der Waals surface area contributed by atoms with Crippen LogP contribution >= 0.6 is 0 Å². The van der Waals surface area contributed by atoms with E-state index in [9.17, 15) is 9.59 Å². The lowest BCUT2D eigenvalue weighted by Crippen LogP contribution is -2.35. The van der Waals surface area contributed by atoms with Gasteiger partial charge in [-0.15, -0.1) is 0 Å². The van der Waals surface area contributed by atoms with Crippen molar-refractivity contribution in [1.82, 2.24) is 15.1 Å². The molecule has 1 fully saturated rings. The Bertz CT molecular complexity index is 716. The number of carbonyl (C=O) groups excluding carboxylic acids is 2. The topological polar surface area (TPSA) is 101 Å². The molecule has 1 aliphatic heterocycles. The molecule has 3 amide bonds. The van der Waals surface area contributed by atoms with Gasteiger partial charge in [-0.05, 0) is 40.0 Å². The van der Waals surface area contributed by atoms with Gasteiger partial charge in [-0.25, -0.2) is 9.79 Å². The third-order valence-electron chi connectivity index (χ3n) is 3.76. The van der Waals surface area contributed by atoms with E-state index in [2.05, 4.69) is 25.7 Å². The molecule has 1 saturated carbocycles. The molecule has 0 spiro atoms. The number of aryl methyl sites for hydroxylation is 1. The molecular weight excluding hydrogens is 296 g/mol. The summed E-state index contributed by atoms with van der Waals surface area (Å²) in [5, 5.41) is 9.77. The molecule has 3 rings (SSSR count). The lowest BCUT2D eigenvalue weighted by molar-refractivity contribution is -0.119. The summed E-state index contributed by atoms with van der Waals surface area (Å²) in [6.07, 6.45) is 2.58. The third kappa shape index (κ3) is 3.15. The standard InChI is InChI=1S/C15H20N6O2/c1-8(2)16-15(23)18-12-7-9(3)20-21(12)14-17-11-6-4-5-10(11)13(22)19-14/h7-8,10H,4-6H2,1-3H3,(H2,16,18,23). The minimum Gasteiger partial charge on any atom is -0.336 e. The first-order chi connectivity index (χ1) is 10.9. The SMILES string of the molecule is Cc1cc(NC(=O)NC(C)C)n(C2=NC(=O)C3CCCC3=N2)n1. The van der Waals surface area contributed by atoms with E-state index in [1.54, 1.807) is 13.0 Å². The second-order valence-corrected chi connectivity index (χ2v) is 6.13. The largest absolute Gasteiger partial charge is 0.336 e. The van der Waals surface area contributed by atoms with Gasteiger partial charge in [-0.3, -0.25) is 10.1 Å². The van der Waals surface area contributed by atoms with E-state index in [0.29, 0.717) is 11.5 Å². The van der Waals surface area contributed by atoms with Crippen LogP contribution in [-0.4, -0.2) is 39.4 Å². The second kappa shape index (κ2) is 5.94. The van der Waals surface area contributed by atoms with Crippen molar-refractivity contribution >= 4 is 29.4 Å². The van der Waals surface area contributed by atoms with E-state index in [1.165, 1.54) is 4.68 Å². The first-order valence-corrected chi connectivity index (χ1v) is 7.78. The first-order valence-electron chi connectivity index (χ1n) is 7.78. The summed E-state index contributed by atoms with van der Waals surface area (Å²) in [4.78, 5) is 32.6. The number of nitrogens with one attached hydrogen (secondary N) is 2. The second-order valence-electron chi connectivity index (χ2n) is 6.13. The fraction of sp³-hybridized carbons (Fsp3) is 0.533. The van der Waals surface area contributed by atoms with Crippen LogP contribution in [0.2, 0.25) is 0 Å². The highest BCUT2D eigenvalue weighted by molar-refractivity contribution is 6.17. The molecular formula is C15H20N6O2. The van der Waals surface area contributed by atoms with Crippen LogP contribution in [0.15, 0.2) is 16.1 Å². The van der Waals surface area contributed by atoms with E-state index >= 15 is 0 Å². The van der Waals surface area contributed by atoms with E-state index in [1.807, 2.05) is 13.8 Å². The Morgan fingerprint density at radius 3 is 2.91 bits per heavy atom. The van der Waals surface area contributed by atoms with Crippen LogP contribution in [0.3, 0.4) is 0 Å². The Labute approximate surface area is 134 Å². The zero-order valence-corrected chi connectivity index (χ0v) is 13.5. The number of hydrogen-bond acceptors (Lipinski definition) is 4. The highest BCUT2D eigenvalue weighted by Gasteiger charge is 2.33. The molecule has 0 bridgehead atoms. The zero-order valence-electron chi connectivity index (χ0n) is 13.5. The van der Waals surface area contributed by atoms with Crippen molar-refractivity contribution in [3.63, 3.8) is 0 Å². The van der Waals surface area contributed by atoms with Gasteiger partial charge < -0.3 is 5.32 Å². The third-order valence-corrected chi connectivity index (χ3v) is 3.76. The molecule has 1 aromatic rings. The number of amides is 3. The quantitative estimate of drug-likeness (QED) is 0.868. The van der Waals surface area contributed by atoms with Crippen LogP contribution in [0.25, 0.3) is 0 Å². The fourth-order valence-corrected chi connectivity index (χ4v) is 2.81. The Morgan fingerprint density at radius 2 is 2.17 bits per heavy atom. The van der Waals surface area contributed by atoms with Gasteiger partial charge in [-0.1, -0.05) is 0 Å². The van der Waals surface area contributed by atoms with Crippen LogP contribution in [0, 0.1) is 12.8 Å². The number of rotatable bonds is 2. The van der Waals surface area contributed by atoms with E-state index < -0.39 is 0 Å². The Morgan fingerprint density at radius 1 is 1.39 bits per heavy atom. The number of nitrogens with zero attached hydrogens (tertiary/aromatic N) is 4. The molecule has 2 N–H and O–H groups in total. The summed E-state index contributed by atoms with van der Waals surface area (Å²) in [5.41, 5.74) is 1.57. The summed E-state index contributed by atoms with van der Waals surface area (Å²) in [7, 11) is 0. The molecule has 0 radical (unpaired) electrons. The average Bonchev–Trinajstić information content (AvgIpc) is 3.04. The van der Waals surface area contributed by atoms with Gasteiger partial charge in [0.1, 0.15) is 5.82 Å².